The molecule has 1 amide bonds. The number of carbonyl (C=O) groups is 1. The van der Waals surface area contributed by atoms with E-state index in [0.717, 1.165) is 24.2 Å². The normalized spacial score (nSPS) is 15.0. The molecule has 0 aliphatic carbocycles. The van der Waals surface area contributed by atoms with E-state index in [1.165, 1.54) is 12.1 Å². The fourth-order valence-corrected chi connectivity index (χ4v) is 3.02. The molecule has 1 saturated heterocycles. The lowest BCUT2D eigenvalue weighted by Crippen LogP contribution is -2.46. The lowest BCUT2D eigenvalue weighted by atomic mass is 10.2. The Morgan fingerprint density at radius 2 is 1.83 bits per heavy atom. The van der Waals surface area contributed by atoms with Crippen LogP contribution in [0.5, 0.6) is 0 Å². The van der Waals surface area contributed by atoms with Crippen LogP contribution in [0.2, 0.25) is 0 Å². The van der Waals surface area contributed by atoms with E-state index in [2.05, 4.69) is 10.3 Å². The first-order chi connectivity index (χ1) is 11.7. The van der Waals surface area contributed by atoms with E-state index in [-0.39, 0.29) is 11.7 Å². The number of nitrogens with one attached hydrogen (secondary N) is 1. The van der Waals surface area contributed by atoms with Gasteiger partial charge in [-0.3, -0.25) is 9.20 Å². The number of carbonyl (C=O) groups excluding carboxylic acids is 1. The number of hydrogen-bond acceptors (Lipinski definition) is 3. The quantitative estimate of drug-likeness (QED) is 0.786. The molecule has 0 radical (unpaired) electrons. The lowest BCUT2D eigenvalue weighted by Gasteiger charge is -2.26. The monoisotopic (exact) mass is 324 g/mol. The second-order valence-corrected chi connectivity index (χ2v) is 5.79. The molecule has 2 aromatic heterocycles. The molecule has 3 heterocycles. The van der Waals surface area contributed by atoms with Crippen LogP contribution in [-0.2, 0) is 0 Å². The maximum absolute atomic E-state index is 13.2. The Hall–Kier alpha value is -2.73. The van der Waals surface area contributed by atoms with Gasteiger partial charge in [-0.15, -0.1) is 0 Å². The minimum atomic E-state index is -0.295. The Morgan fingerprint density at radius 3 is 2.58 bits per heavy atom. The van der Waals surface area contributed by atoms with E-state index in [4.69, 9.17) is 0 Å². The van der Waals surface area contributed by atoms with Crippen molar-refractivity contribution in [2.24, 2.45) is 0 Å². The first-order valence-electron chi connectivity index (χ1n) is 7.97. The molecule has 4 rings (SSSR count). The third kappa shape index (κ3) is 2.55. The summed E-state index contributed by atoms with van der Waals surface area (Å²) in [4.78, 5) is 19.3. The van der Waals surface area contributed by atoms with Gasteiger partial charge < -0.3 is 10.2 Å². The van der Waals surface area contributed by atoms with Crippen LogP contribution >= 0.6 is 0 Å². The van der Waals surface area contributed by atoms with Gasteiger partial charge in [-0.25, -0.2) is 9.37 Å². The minimum Gasteiger partial charge on any atom is -0.335 e. The summed E-state index contributed by atoms with van der Waals surface area (Å²) in [5, 5.41) is 3.24. The number of benzene rings is 1. The van der Waals surface area contributed by atoms with E-state index in [0.29, 0.717) is 24.6 Å². The van der Waals surface area contributed by atoms with Crippen molar-refractivity contribution in [3.8, 4) is 11.4 Å². The van der Waals surface area contributed by atoms with Gasteiger partial charge >= 0.3 is 0 Å². The highest BCUT2D eigenvalue weighted by molar-refractivity contribution is 6.00. The number of nitrogens with zero attached hydrogens (tertiary/aromatic N) is 3. The van der Waals surface area contributed by atoms with Gasteiger partial charge in [0.2, 0.25) is 0 Å². The topological polar surface area (TPSA) is 49.6 Å². The fraction of sp³-hybridized carbons (Fsp3) is 0.222. The Labute approximate surface area is 138 Å². The number of aromatic nitrogens is 2. The van der Waals surface area contributed by atoms with Crippen LogP contribution in [0.1, 0.15) is 10.5 Å². The summed E-state index contributed by atoms with van der Waals surface area (Å²) >= 11 is 0. The number of piperazine rings is 1. The van der Waals surface area contributed by atoms with Gasteiger partial charge in [-0.2, -0.15) is 0 Å². The standard InChI is InChI=1S/C18H17FN4O/c19-14-6-4-13(5-7-14)17-21-16(15-3-1-2-10-23(15)17)18(24)22-11-8-20-9-12-22/h1-7,10,20H,8-9,11-12H2. The number of amides is 1. The molecular formula is C18H17FN4O. The number of hydrogen-bond donors (Lipinski definition) is 1. The van der Waals surface area contributed by atoms with Crippen molar-refractivity contribution in [1.82, 2.24) is 19.6 Å². The predicted octanol–water partition coefficient (Wildman–Crippen LogP) is 2.19. The highest BCUT2D eigenvalue weighted by Gasteiger charge is 2.24. The first kappa shape index (κ1) is 14.8. The van der Waals surface area contributed by atoms with Crippen molar-refractivity contribution in [1.29, 1.82) is 0 Å². The summed E-state index contributed by atoms with van der Waals surface area (Å²) in [6, 6.07) is 11.8. The molecule has 1 N–H and O–H groups in total. The van der Waals surface area contributed by atoms with Gasteiger partial charge in [0.15, 0.2) is 5.69 Å². The molecule has 0 saturated carbocycles. The van der Waals surface area contributed by atoms with Crippen LogP contribution in [0, 0.1) is 5.82 Å². The van der Waals surface area contributed by atoms with E-state index < -0.39 is 0 Å². The van der Waals surface area contributed by atoms with Gasteiger partial charge in [0, 0.05) is 37.9 Å². The Bertz CT molecular complexity index is 882. The molecule has 0 bridgehead atoms. The number of imidazole rings is 1. The number of halogens is 1. The zero-order valence-electron chi connectivity index (χ0n) is 13.1. The molecule has 0 unspecified atom stereocenters. The summed E-state index contributed by atoms with van der Waals surface area (Å²) < 4.78 is 15.1. The van der Waals surface area contributed by atoms with Crippen LogP contribution in [0.3, 0.4) is 0 Å². The Kier molecular flexibility index (Phi) is 3.74. The van der Waals surface area contributed by atoms with Gasteiger partial charge in [0.25, 0.3) is 5.91 Å². The second kappa shape index (κ2) is 6.05. The van der Waals surface area contributed by atoms with Gasteiger partial charge in [-0.05, 0) is 36.4 Å². The molecule has 1 aromatic carbocycles. The van der Waals surface area contributed by atoms with E-state index >= 15 is 0 Å². The molecule has 1 aliphatic heterocycles. The Morgan fingerprint density at radius 1 is 1.08 bits per heavy atom. The van der Waals surface area contributed by atoms with Crippen molar-refractivity contribution >= 4 is 11.4 Å². The second-order valence-electron chi connectivity index (χ2n) is 5.79. The summed E-state index contributed by atoms with van der Waals surface area (Å²) in [6.45, 7) is 2.94. The molecule has 0 spiro atoms. The Balaban J connectivity index is 1.82. The smallest absolute Gasteiger partial charge is 0.274 e. The molecule has 3 aromatic rings. The van der Waals surface area contributed by atoms with Gasteiger partial charge in [0.1, 0.15) is 11.6 Å². The third-order valence-electron chi connectivity index (χ3n) is 4.26. The summed E-state index contributed by atoms with van der Waals surface area (Å²) in [5.74, 6) is 0.286. The summed E-state index contributed by atoms with van der Waals surface area (Å²) in [7, 11) is 0. The molecule has 6 heteroatoms. The zero-order chi connectivity index (χ0) is 16.5. The fourth-order valence-electron chi connectivity index (χ4n) is 3.02. The van der Waals surface area contributed by atoms with E-state index in [1.807, 2.05) is 33.7 Å². The number of rotatable bonds is 2. The molecule has 122 valence electrons. The highest BCUT2D eigenvalue weighted by atomic mass is 19.1. The van der Waals surface area contributed by atoms with Gasteiger partial charge in [0.05, 0.1) is 5.52 Å². The molecular weight excluding hydrogens is 307 g/mol. The average molecular weight is 324 g/mol. The lowest BCUT2D eigenvalue weighted by molar-refractivity contribution is 0.0732. The first-order valence-corrected chi connectivity index (χ1v) is 7.97. The van der Waals surface area contributed by atoms with Crippen molar-refractivity contribution < 1.29 is 9.18 Å². The molecule has 1 fully saturated rings. The largest absolute Gasteiger partial charge is 0.335 e. The molecule has 5 nitrogen and oxygen atoms in total. The van der Waals surface area contributed by atoms with Crippen molar-refractivity contribution in [3.05, 3.63) is 60.2 Å². The summed E-state index contributed by atoms with van der Waals surface area (Å²) in [6.07, 6.45) is 1.87. The van der Waals surface area contributed by atoms with Gasteiger partial charge in [-0.1, -0.05) is 6.07 Å². The average Bonchev–Trinajstić information content (AvgIpc) is 3.02. The maximum atomic E-state index is 13.2. The molecule has 1 aliphatic rings. The molecule has 0 atom stereocenters. The predicted molar refractivity (Wildman–Crippen MR) is 89.4 cm³/mol. The van der Waals surface area contributed by atoms with Crippen molar-refractivity contribution in [2.45, 2.75) is 0 Å². The van der Waals surface area contributed by atoms with Crippen LogP contribution in [0.25, 0.3) is 16.9 Å². The van der Waals surface area contributed by atoms with Crippen molar-refractivity contribution in [2.75, 3.05) is 26.2 Å². The third-order valence-corrected chi connectivity index (χ3v) is 4.26. The minimum absolute atomic E-state index is 0.0615. The summed E-state index contributed by atoms with van der Waals surface area (Å²) in [5.41, 5.74) is 1.98. The van der Waals surface area contributed by atoms with Crippen molar-refractivity contribution in [3.63, 3.8) is 0 Å². The highest BCUT2D eigenvalue weighted by Crippen LogP contribution is 2.24. The van der Waals surface area contributed by atoms with Crippen LogP contribution in [0.15, 0.2) is 48.7 Å². The van der Waals surface area contributed by atoms with Crippen LogP contribution < -0.4 is 5.32 Å². The number of pyridine rings is 1. The SMILES string of the molecule is O=C(c1nc(-c2ccc(F)cc2)n2ccccc12)N1CCNCC1. The van der Waals surface area contributed by atoms with E-state index in [9.17, 15) is 9.18 Å². The zero-order valence-corrected chi connectivity index (χ0v) is 13.1. The van der Waals surface area contributed by atoms with Crippen LogP contribution in [-0.4, -0.2) is 46.4 Å². The van der Waals surface area contributed by atoms with Crippen LogP contribution in [0.4, 0.5) is 4.39 Å². The number of fused-ring (bicyclic) bond motifs is 1. The molecule has 24 heavy (non-hydrogen) atoms. The van der Waals surface area contributed by atoms with E-state index in [1.54, 1.807) is 12.1 Å². The maximum Gasteiger partial charge on any atom is 0.274 e.